The van der Waals surface area contributed by atoms with E-state index in [9.17, 15) is 5.11 Å². The minimum absolute atomic E-state index is 0.0989. The molecule has 1 N–H and O–H groups in total. The van der Waals surface area contributed by atoms with Crippen LogP contribution in [0.25, 0.3) is 0 Å². The number of nitrogens with zero attached hydrogens (tertiary/aromatic N) is 3. The summed E-state index contributed by atoms with van der Waals surface area (Å²) < 4.78 is 2.19. The number of piperidine rings is 2. The minimum atomic E-state index is 0.0989. The Morgan fingerprint density at radius 2 is 2.00 bits per heavy atom. The van der Waals surface area contributed by atoms with Crippen LogP contribution in [0, 0.1) is 0 Å². The highest BCUT2D eigenvalue weighted by Crippen LogP contribution is 2.38. The van der Waals surface area contributed by atoms with Gasteiger partial charge in [-0.1, -0.05) is 6.42 Å². The molecule has 2 atom stereocenters. The first-order valence-electron chi connectivity index (χ1n) is 6.63. The first kappa shape index (κ1) is 11.2. The van der Waals surface area contributed by atoms with Crippen molar-refractivity contribution in [3.8, 4) is 0 Å². The highest BCUT2D eigenvalue weighted by Gasteiger charge is 2.36. The summed E-state index contributed by atoms with van der Waals surface area (Å²) in [6.45, 7) is 0.0989. The van der Waals surface area contributed by atoms with Crippen LogP contribution < -0.4 is 0 Å². The molecule has 0 radical (unpaired) electrons. The summed E-state index contributed by atoms with van der Waals surface area (Å²) in [7, 11) is 2.27. The monoisotopic (exact) mass is 235 g/mol. The van der Waals surface area contributed by atoms with E-state index >= 15 is 0 Å². The Bertz CT molecular complexity index is 376. The first-order valence-corrected chi connectivity index (χ1v) is 6.63. The lowest BCUT2D eigenvalue weighted by molar-refractivity contribution is 0.0385. The van der Waals surface area contributed by atoms with Crippen LogP contribution in [-0.4, -0.2) is 38.7 Å². The fraction of sp³-hybridized carbons (Fsp3) is 0.769. The van der Waals surface area contributed by atoms with Gasteiger partial charge in [0.1, 0.15) is 0 Å². The number of imidazole rings is 1. The molecular formula is C13H21N3O. The van der Waals surface area contributed by atoms with E-state index in [1.54, 1.807) is 6.20 Å². The van der Waals surface area contributed by atoms with Gasteiger partial charge in [0.05, 0.1) is 24.8 Å². The Labute approximate surface area is 102 Å². The fourth-order valence-corrected chi connectivity index (χ4v) is 3.60. The van der Waals surface area contributed by atoms with Crippen LogP contribution in [0.2, 0.25) is 0 Å². The molecule has 0 spiro atoms. The molecule has 0 amide bonds. The highest BCUT2D eigenvalue weighted by atomic mass is 16.3. The number of hydrogen-bond acceptors (Lipinski definition) is 3. The van der Waals surface area contributed by atoms with Crippen molar-refractivity contribution in [3.05, 3.63) is 18.2 Å². The molecule has 17 heavy (non-hydrogen) atoms. The Morgan fingerprint density at radius 3 is 2.65 bits per heavy atom. The number of rotatable bonds is 2. The normalized spacial score (nSPS) is 33.9. The molecule has 0 aliphatic carbocycles. The zero-order chi connectivity index (χ0) is 11.8. The van der Waals surface area contributed by atoms with Crippen molar-refractivity contribution in [2.45, 2.75) is 56.8 Å². The summed E-state index contributed by atoms with van der Waals surface area (Å²) in [5.74, 6) is 0. The zero-order valence-corrected chi connectivity index (χ0v) is 10.4. The number of fused-ring (bicyclic) bond motifs is 2. The van der Waals surface area contributed by atoms with E-state index in [2.05, 4.69) is 21.5 Å². The van der Waals surface area contributed by atoms with Gasteiger partial charge < -0.3 is 14.6 Å². The average Bonchev–Trinajstić information content (AvgIpc) is 2.76. The van der Waals surface area contributed by atoms with Gasteiger partial charge in [-0.3, -0.25) is 0 Å². The lowest BCUT2D eigenvalue weighted by atomic mass is 9.82. The second-order valence-electron chi connectivity index (χ2n) is 5.48. The van der Waals surface area contributed by atoms with Gasteiger partial charge in [-0.25, -0.2) is 4.98 Å². The van der Waals surface area contributed by atoms with Gasteiger partial charge in [-0.15, -0.1) is 0 Å². The van der Waals surface area contributed by atoms with Crippen molar-refractivity contribution in [1.82, 2.24) is 14.5 Å². The summed E-state index contributed by atoms with van der Waals surface area (Å²) >= 11 is 0. The van der Waals surface area contributed by atoms with Crippen LogP contribution in [0.4, 0.5) is 0 Å². The van der Waals surface area contributed by atoms with Gasteiger partial charge >= 0.3 is 0 Å². The van der Waals surface area contributed by atoms with E-state index < -0.39 is 0 Å². The molecule has 4 heteroatoms. The van der Waals surface area contributed by atoms with Gasteiger partial charge in [0.25, 0.3) is 0 Å². The minimum Gasteiger partial charge on any atom is -0.390 e. The fourth-order valence-electron chi connectivity index (χ4n) is 3.60. The van der Waals surface area contributed by atoms with Crippen molar-refractivity contribution in [2.75, 3.05) is 7.05 Å². The molecule has 2 fully saturated rings. The van der Waals surface area contributed by atoms with Crippen molar-refractivity contribution in [1.29, 1.82) is 0 Å². The molecule has 94 valence electrons. The van der Waals surface area contributed by atoms with Crippen LogP contribution in [0.15, 0.2) is 12.5 Å². The topological polar surface area (TPSA) is 41.3 Å². The highest BCUT2D eigenvalue weighted by molar-refractivity contribution is 5.02. The molecule has 3 rings (SSSR count). The third-order valence-corrected chi connectivity index (χ3v) is 4.62. The Morgan fingerprint density at radius 1 is 1.29 bits per heavy atom. The third kappa shape index (κ3) is 1.89. The molecule has 2 aliphatic rings. The van der Waals surface area contributed by atoms with Crippen molar-refractivity contribution in [3.63, 3.8) is 0 Å². The largest absolute Gasteiger partial charge is 0.390 e. The van der Waals surface area contributed by atoms with E-state index in [-0.39, 0.29) is 6.61 Å². The van der Waals surface area contributed by atoms with E-state index in [0.29, 0.717) is 6.04 Å². The second-order valence-corrected chi connectivity index (χ2v) is 5.48. The first-order chi connectivity index (χ1) is 8.29. The molecule has 1 aromatic heterocycles. The van der Waals surface area contributed by atoms with Gasteiger partial charge in [0.2, 0.25) is 0 Å². The molecule has 1 aromatic rings. The number of aromatic nitrogens is 2. The van der Waals surface area contributed by atoms with Gasteiger partial charge in [0.15, 0.2) is 0 Å². The van der Waals surface area contributed by atoms with Crippen LogP contribution in [0.3, 0.4) is 0 Å². The average molecular weight is 235 g/mol. The Balaban J connectivity index is 1.82. The predicted molar refractivity (Wildman–Crippen MR) is 65.6 cm³/mol. The van der Waals surface area contributed by atoms with Gasteiger partial charge in [0, 0.05) is 18.1 Å². The van der Waals surface area contributed by atoms with Crippen LogP contribution >= 0.6 is 0 Å². The quantitative estimate of drug-likeness (QED) is 0.846. The molecule has 2 aliphatic heterocycles. The molecule has 0 saturated carbocycles. The standard InChI is InChI=1S/C13H21N3O/c1-15-10-3-2-4-11(15)6-12(5-10)16-9-14-7-13(16)8-17/h7,9-12,17H,2-6,8H2,1H3. The van der Waals surface area contributed by atoms with E-state index in [4.69, 9.17) is 0 Å². The molecule has 3 heterocycles. The molecule has 2 saturated heterocycles. The van der Waals surface area contributed by atoms with Crippen molar-refractivity contribution in [2.24, 2.45) is 0 Å². The summed E-state index contributed by atoms with van der Waals surface area (Å²) in [6.07, 6.45) is 10.1. The number of aliphatic hydroxyl groups is 1. The molecular weight excluding hydrogens is 214 g/mol. The lowest BCUT2D eigenvalue weighted by Crippen LogP contribution is -2.50. The lowest BCUT2D eigenvalue weighted by Gasteiger charge is -2.47. The van der Waals surface area contributed by atoms with Crippen LogP contribution in [0.1, 0.15) is 43.8 Å². The summed E-state index contributed by atoms with van der Waals surface area (Å²) in [6, 6.07) is 1.98. The third-order valence-electron chi connectivity index (χ3n) is 4.62. The van der Waals surface area contributed by atoms with Gasteiger partial charge in [-0.05, 0) is 32.7 Å². The predicted octanol–water partition coefficient (Wildman–Crippen LogP) is 1.56. The van der Waals surface area contributed by atoms with Crippen LogP contribution in [0.5, 0.6) is 0 Å². The van der Waals surface area contributed by atoms with Crippen molar-refractivity contribution >= 4 is 0 Å². The van der Waals surface area contributed by atoms with E-state index in [1.807, 2.05) is 6.33 Å². The van der Waals surface area contributed by atoms with E-state index in [0.717, 1.165) is 17.8 Å². The SMILES string of the molecule is CN1C2CCCC1CC(n1cncc1CO)C2. The zero-order valence-electron chi connectivity index (χ0n) is 10.4. The summed E-state index contributed by atoms with van der Waals surface area (Å²) in [5, 5.41) is 9.32. The molecule has 0 aromatic carbocycles. The van der Waals surface area contributed by atoms with Gasteiger partial charge in [-0.2, -0.15) is 0 Å². The smallest absolute Gasteiger partial charge is 0.0951 e. The summed E-state index contributed by atoms with van der Waals surface area (Å²) in [4.78, 5) is 6.74. The molecule has 2 unspecified atom stereocenters. The number of hydrogen-bond donors (Lipinski definition) is 1. The second kappa shape index (κ2) is 4.42. The molecule has 2 bridgehead atoms. The number of aliphatic hydroxyl groups excluding tert-OH is 1. The summed E-state index contributed by atoms with van der Waals surface area (Å²) in [5.41, 5.74) is 0.956. The van der Waals surface area contributed by atoms with Crippen LogP contribution in [-0.2, 0) is 6.61 Å². The maximum Gasteiger partial charge on any atom is 0.0951 e. The van der Waals surface area contributed by atoms with Crippen molar-refractivity contribution < 1.29 is 5.11 Å². The molecule has 4 nitrogen and oxygen atoms in total. The maximum atomic E-state index is 9.32. The van der Waals surface area contributed by atoms with E-state index in [1.165, 1.54) is 32.1 Å². The Hall–Kier alpha value is -0.870. The Kier molecular flexibility index (Phi) is 2.92. The maximum absolute atomic E-state index is 9.32.